The van der Waals surface area contributed by atoms with Crippen LogP contribution in [0.4, 0.5) is 0 Å². The molecule has 0 spiro atoms. The Kier molecular flexibility index (Phi) is 9.06. The molecule has 7 aromatic carbocycles. The van der Waals surface area contributed by atoms with Crippen LogP contribution in [0.2, 0.25) is 0 Å². The molecule has 2 aromatic heterocycles. The molecule has 5 nitrogen and oxygen atoms in total. The number of benzene rings is 7. The van der Waals surface area contributed by atoms with Gasteiger partial charge in [0.05, 0.1) is 28.4 Å². The van der Waals surface area contributed by atoms with Crippen molar-refractivity contribution >= 4 is 21.8 Å². The molecule has 0 saturated carbocycles. The van der Waals surface area contributed by atoms with Gasteiger partial charge in [-0.1, -0.05) is 122 Å². The van der Waals surface area contributed by atoms with E-state index >= 15 is 0 Å². The molecule has 0 N–H and O–H groups in total. The van der Waals surface area contributed by atoms with Crippen molar-refractivity contribution in [3.05, 3.63) is 179 Å². The molecule has 9 aromatic rings. The molecule has 0 bridgehead atoms. The third-order valence-electron chi connectivity index (χ3n) is 10.9. The van der Waals surface area contributed by atoms with Gasteiger partial charge in [-0.3, -0.25) is 0 Å². The Morgan fingerprint density at radius 2 is 0.966 bits per heavy atom. The molecule has 0 aliphatic carbocycles. The third-order valence-corrected chi connectivity index (χ3v) is 10.9. The maximum Gasteiger partial charge on any atom is 0.166 e. The van der Waals surface area contributed by atoms with Crippen molar-refractivity contribution < 1.29 is 0 Å². The lowest BCUT2D eigenvalue weighted by atomic mass is 9.85. The summed E-state index contributed by atoms with van der Waals surface area (Å²) in [6, 6.07) is 55.6. The zero-order valence-corrected chi connectivity index (χ0v) is 33.7. The van der Waals surface area contributed by atoms with E-state index in [1.54, 1.807) is 0 Å². The third kappa shape index (κ3) is 6.84. The molecule has 58 heavy (non-hydrogen) atoms. The molecule has 0 fully saturated rings. The van der Waals surface area contributed by atoms with Gasteiger partial charge in [-0.05, 0) is 121 Å². The molecule has 5 heteroatoms. The molecule has 280 valence electrons. The molecular weight excluding hydrogens is 707 g/mol. The summed E-state index contributed by atoms with van der Waals surface area (Å²) in [5.41, 5.74) is 15.2. The van der Waals surface area contributed by atoms with Crippen molar-refractivity contribution in [1.82, 2.24) is 19.5 Å². The Labute approximate surface area is 340 Å². The fourth-order valence-electron chi connectivity index (χ4n) is 8.09. The Morgan fingerprint density at radius 3 is 1.48 bits per heavy atom. The van der Waals surface area contributed by atoms with Crippen molar-refractivity contribution in [1.29, 1.82) is 5.26 Å². The molecular formula is C53H43N5. The van der Waals surface area contributed by atoms with Crippen LogP contribution in [0.1, 0.15) is 48.6 Å². The number of fused-ring (bicyclic) bond motifs is 3. The number of hydrogen-bond acceptors (Lipinski definition) is 4. The van der Waals surface area contributed by atoms with Crippen molar-refractivity contribution in [2.24, 2.45) is 0 Å². The van der Waals surface area contributed by atoms with Crippen LogP contribution in [0.3, 0.4) is 0 Å². The lowest BCUT2D eigenvalue weighted by molar-refractivity contribution is 0.590. The summed E-state index contributed by atoms with van der Waals surface area (Å²) in [7, 11) is 0. The lowest BCUT2D eigenvalue weighted by Crippen LogP contribution is -2.11. The molecule has 0 atom stereocenters. The normalized spacial score (nSPS) is 11.6. The molecule has 9 rings (SSSR count). The van der Waals surface area contributed by atoms with Gasteiger partial charge in [-0.15, -0.1) is 0 Å². The number of nitriles is 1. The highest BCUT2D eigenvalue weighted by molar-refractivity contribution is 6.12. The maximum atomic E-state index is 10.3. The Balaban J connectivity index is 1.34. The van der Waals surface area contributed by atoms with E-state index in [0.717, 1.165) is 83.1 Å². The summed E-state index contributed by atoms with van der Waals surface area (Å²) < 4.78 is 2.30. The molecule has 0 radical (unpaired) electrons. The smallest absolute Gasteiger partial charge is 0.166 e. The van der Waals surface area contributed by atoms with Crippen LogP contribution in [-0.2, 0) is 5.41 Å². The largest absolute Gasteiger partial charge is 0.308 e. The average Bonchev–Trinajstić information content (AvgIpc) is 3.56. The Morgan fingerprint density at radius 1 is 0.466 bits per heavy atom. The molecule has 2 heterocycles. The van der Waals surface area contributed by atoms with E-state index in [-0.39, 0.29) is 5.41 Å². The highest BCUT2D eigenvalue weighted by Gasteiger charge is 2.22. The fraction of sp³-hybridized carbons (Fsp3) is 0.132. The summed E-state index contributed by atoms with van der Waals surface area (Å²) in [4.78, 5) is 15.7. The van der Waals surface area contributed by atoms with Crippen LogP contribution in [0.25, 0.3) is 83.9 Å². The predicted molar refractivity (Wildman–Crippen MR) is 239 cm³/mol. The van der Waals surface area contributed by atoms with Gasteiger partial charge in [0, 0.05) is 27.5 Å². The summed E-state index contributed by atoms with van der Waals surface area (Å²) >= 11 is 0. The SMILES string of the molecule is Cc1cc(C)cc(-c2nc(-c3cc(C)cc(C(C)(C)C)c3)nc(-c3cc(C#N)ccc3-n3c4ccc(-c5ccccc5)cc4c4cc(-c5ccccc5)ccc43)n2)c1. The van der Waals surface area contributed by atoms with Gasteiger partial charge in [0.25, 0.3) is 0 Å². The van der Waals surface area contributed by atoms with Gasteiger partial charge in [0.2, 0.25) is 0 Å². The molecule has 0 aliphatic heterocycles. The Bertz CT molecular complexity index is 2950. The first kappa shape index (κ1) is 36.5. The second kappa shape index (κ2) is 14.4. The van der Waals surface area contributed by atoms with Crippen LogP contribution in [0, 0.1) is 32.1 Å². The maximum absolute atomic E-state index is 10.3. The zero-order valence-electron chi connectivity index (χ0n) is 33.7. The van der Waals surface area contributed by atoms with Crippen LogP contribution in [0.5, 0.6) is 0 Å². The molecule has 0 unspecified atom stereocenters. The number of aromatic nitrogens is 4. The van der Waals surface area contributed by atoms with Gasteiger partial charge >= 0.3 is 0 Å². The molecule has 0 aliphatic rings. The minimum absolute atomic E-state index is 0.0707. The van der Waals surface area contributed by atoms with Gasteiger partial charge < -0.3 is 4.57 Å². The molecule has 0 amide bonds. The quantitative estimate of drug-likeness (QED) is 0.170. The number of aryl methyl sites for hydroxylation is 3. The van der Waals surface area contributed by atoms with Crippen LogP contribution in [-0.4, -0.2) is 19.5 Å². The number of hydrogen-bond donors (Lipinski definition) is 0. The number of rotatable bonds is 6. The Hall–Kier alpha value is -7.16. The van der Waals surface area contributed by atoms with Gasteiger partial charge in [0.1, 0.15) is 0 Å². The molecule has 0 saturated heterocycles. The predicted octanol–water partition coefficient (Wildman–Crippen LogP) is 13.4. The van der Waals surface area contributed by atoms with Crippen molar-refractivity contribution in [2.45, 2.75) is 47.0 Å². The monoisotopic (exact) mass is 749 g/mol. The van der Waals surface area contributed by atoms with E-state index in [4.69, 9.17) is 15.0 Å². The zero-order chi connectivity index (χ0) is 40.1. The number of nitrogens with zero attached hydrogens (tertiary/aromatic N) is 5. The van der Waals surface area contributed by atoms with E-state index in [1.807, 2.05) is 30.3 Å². The van der Waals surface area contributed by atoms with E-state index in [2.05, 4.69) is 174 Å². The minimum atomic E-state index is -0.0707. The minimum Gasteiger partial charge on any atom is -0.308 e. The topological polar surface area (TPSA) is 67.4 Å². The fourth-order valence-corrected chi connectivity index (χ4v) is 8.09. The first-order valence-corrected chi connectivity index (χ1v) is 19.7. The van der Waals surface area contributed by atoms with Gasteiger partial charge in [-0.2, -0.15) is 5.26 Å². The van der Waals surface area contributed by atoms with E-state index in [9.17, 15) is 5.26 Å². The highest BCUT2D eigenvalue weighted by atomic mass is 15.1. The van der Waals surface area contributed by atoms with Crippen molar-refractivity contribution in [3.63, 3.8) is 0 Å². The first-order chi connectivity index (χ1) is 28.0. The van der Waals surface area contributed by atoms with Crippen molar-refractivity contribution in [2.75, 3.05) is 0 Å². The van der Waals surface area contributed by atoms with Crippen LogP contribution < -0.4 is 0 Å². The van der Waals surface area contributed by atoms with Crippen LogP contribution in [0.15, 0.2) is 152 Å². The first-order valence-electron chi connectivity index (χ1n) is 19.7. The summed E-state index contributed by atoms with van der Waals surface area (Å²) in [5, 5.41) is 12.6. The summed E-state index contributed by atoms with van der Waals surface area (Å²) in [5.74, 6) is 1.67. The second-order valence-electron chi connectivity index (χ2n) is 16.4. The highest BCUT2D eigenvalue weighted by Crippen LogP contribution is 2.40. The second-order valence-corrected chi connectivity index (χ2v) is 16.4. The summed E-state index contributed by atoms with van der Waals surface area (Å²) in [6.07, 6.45) is 0. The van der Waals surface area contributed by atoms with E-state index in [0.29, 0.717) is 23.0 Å². The van der Waals surface area contributed by atoms with E-state index < -0.39 is 0 Å². The summed E-state index contributed by atoms with van der Waals surface area (Å²) in [6.45, 7) is 13.0. The van der Waals surface area contributed by atoms with Crippen LogP contribution >= 0.6 is 0 Å². The average molecular weight is 750 g/mol. The standard InChI is InChI=1S/C53H43N5/c1-33-23-34(2)25-41(24-33)50-55-51(42-26-35(3)27-43(29-42)53(4,5)6)57-52(56-50)46-28-36(32-54)17-20-49(46)58-47-21-18-39(37-13-9-7-10-14-37)30-44(47)45-31-40(19-22-48(45)58)38-15-11-8-12-16-38/h7-31H,1-6H3. The lowest BCUT2D eigenvalue weighted by Gasteiger charge is -2.21. The van der Waals surface area contributed by atoms with E-state index in [1.165, 1.54) is 5.56 Å². The van der Waals surface area contributed by atoms with Gasteiger partial charge in [0.15, 0.2) is 17.5 Å². The van der Waals surface area contributed by atoms with Crippen molar-refractivity contribution in [3.8, 4) is 68.2 Å². The van der Waals surface area contributed by atoms with Gasteiger partial charge in [-0.25, -0.2) is 15.0 Å².